The first-order valence-corrected chi connectivity index (χ1v) is 10.9. The topological polar surface area (TPSA) is 52.6 Å². The fraction of sp³-hybridized carbons (Fsp3) is 0.652. The standard InChI is InChI=1S/C23H33F4N3O2/c1-22(2,3)14-20(31)28-7-10-30-8-5-16(6-9-30)15-29(4)21(32)17-11-18(23(25,26)27)13-19(24)12-17/h11-13,16H,5-10,14-15H2,1-4H3,(H,28,31). The van der Waals surface area contributed by atoms with Gasteiger partial charge in [-0.2, -0.15) is 13.2 Å². The van der Waals surface area contributed by atoms with Gasteiger partial charge in [-0.05, 0) is 55.5 Å². The second-order valence-electron chi connectivity index (χ2n) is 9.78. The summed E-state index contributed by atoms with van der Waals surface area (Å²) in [4.78, 5) is 28.1. The first-order chi connectivity index (χ1) is 14.7. The van der Waals surface area contributed by atoms with Gasteiger partial charge >= 0.3 is 6.18 Å². The maximum absolute atomic E-state index is 13.6. The van der Waals surface area contributed by atoms with E-state index in [9.17, 15) is 27.2 Å². The number of amides is 2. The monoisotopic (exact) mass is 459 g/mol. The van der Waals surface area contributed by atoms with E-state index in [2.05, 4.69) is 10.2 Å². The van der Waals surface area contributed by atoms with Crippen molar-refractivity contribution in [3.8, 4) is 0 Å². The van der Waals surface area contributed by atoms with E-state index in [0.29, 0.717) is 31.6 Å². The van der Waals surface area contributed by atoms with Gasteiger partial charge in [-0.25, -0.2) is 4.39 Å². The highest BCUT2D eigenvalue weighted by Gasteiger charge is 2.32. The highest BCUT2D eigenvalue weighted by molar-refractivity contribution is 5.94. The van der Waals surface area contributed by atoms with E-state index in [4.69, 9.17) is 0 Å². The van der Waals surface area contributed by atoms with Crippen LogP contribution in [-0.2, 0) is 11.0 Å². The van der Waals surface area contributed by atoms with Crippen LogP contribution < -0.4 is 5.32 Å². The largest absolute Gasteiger partial charge is 0.416 e. The molecule has 0 aromatic heterocycles. The SMILES string of the molecule is CN(CC1CCN(CCNC(=O)CC(C)(C)C)CC1)C(=O)c1cc(F)cc(C(F)(F)F)c1. The molecule has 0 saturated carbocycles. The summed E-state index contributed by atoms with van der Waals surface area (Å²) in [5, 5.41) is 2.94. The van der Waals surface area contributed by atoms with Crippen LogP contribution in [0.15, 0.2) is 18.2 Å². The first kappa shape index (κ1) is 26.1. The van der Waals surface area contributed by atoms with Gasteiger partial charge in [-0.1, -0.05) is 20.8 Å². The minimum absolute atomic E-state index is 0.0403. The van der Waals surface area contributed by atoms with Crippen LogP contribution in [0, 0.1) is 17.2 Å². The van der Waals surface area contributed by atoms with E-state index < -0.39 is 23.5 Å². The number of carbonyl (C=O) groups excluding carboxylic acids is 2. The first-order valence-electron chi connectivity index (χ1n) is 10.9. The highest BCUT2D eigenvalue weighted by atomic mass is 19.4. The van der Waals surface area contributed by atoms with Gasteiger partial charge in [-0.15, -0.1) is 0 Å². The third-order valence-corrected chi connectivity index (χ3v) is 5.50. The number of halogens is 4. The molecule has 0 radical (unpaired) electrons. The molecule has 1 aromatic rings. The Bertz CT molecular complexity index is 797. The van der Waals surface area contributed by atoms with Crippen LogP contribution in [0.1, 0.15) is 56.0 Å². The maximum atomic E-state index is 13.6. The van der Waals surface area contributed by atoms with E-state index in [1.807, 2.05) is 20.8 Å². The Balaban J connectivity index is 1.79. The zero-order valence-electron chi connectivity index (χ0n) is 19.2. The summed E-state index contributed by atoms with van der Waals surface area (Å²) >= 11 is 0. The molecule has 5 nitrogen and oxygen atoms in total. The maximum Gasteiger partial charge on any atom is 0.416 e. The lowest BCUT2D eigenvalue weighted by atomic mass is 9.92. The summed E-state index contributed by atoms with van der Waals surface area (Å²) in [5.74, 6) is -1.46. The third kappa shape index (κ3) is 8.41. The number of piperidine rings is 1. The van der Waals surface area contributed by atoms with Crippen molar-refractivity contribution in [1.82, 2.24) is 15.1 Å². The van der Waals surface area contributed by atoms with Crippen molar-refractivity contribution in [2.75, 3.05) is 39.8 Å². The van der Waals surface area contributed by atoms with Gasteiger partial charge in [0.15, 0.2) is 0 Å². The molecule has 1 fully saturated rings. The van der Waals surface area contributed by atoms with Gasteiger partial charge < -0.3 is 15.1 Å². The average Bonchev–Trinajstić information content (AvgIpc) is 2.66. The molecule has 0 spiro atoms. The number of nitrogens with one attached hydrogen (secondary N) is 1. The average molecular weight is 460 g/mol. The van der Waals surface area contributed by atoms with Gasteiger partial charge in [0.05, 0.1) is 5.56 Å². The Labute approximate surface area is 187 Å². The number of benzene rings is 1. The molecule has 1 aliphatic heterocycles. The van der Waals surface area contributed by atoms with Crippen molar-refractivity contribution in [2.24, 2.45) is 11.3 Å². The molecule has 32 heavy (non-hydrogen) atoms. The minimum atomic E-state index is -4.71. The van der Waals surface area contributed by atoms with E-state index in [1.54, 1.807) is 0 Å². The summed E-state index contributed by atoms with van der Waals surface area (Å²) in [6.07, 6.45) is -2.56. The minimum Gasteiger partial charge on any atom is -0.355 e. The molecule has 1 aromatic carbocycles. The predicted octanol–water partition coefficient (Wildman–Crippen LogP) is 4.18. The van der Waals surface area contributed by atoms with Gasteiger partial charge in [0.25, 0.3) is 5.91 Å². The van der Waals surface area contributed by atoms with Crippen LogP contribution in [0.4, 0.5) is 17.6 Å². The lowest BCUT2D eigenvalue weighted by Crippen LogP contribution is -2.42. The number of nitrogens with zero attached hydrogens (tertiary/aromatic N) is 2. The molecule has 1 heterocycles. The zero-order chi connectivity index (χ0) is 24.1. The fourth-order valence-corrected chi connectivity index (χ4v) is 3.86. The highest BCUT2D eigenvalue weighted by Crippen LogP contribution is 2.31. The van der Waals surface area contributed by atoms with Crippen LogP contribution in [0.2, 0.25) is 0 Å². The van der Waals surface area contributed by atoms with Crippen LogP contribution in [0.5, 0.6) is 0 Å². The van der Waals surface area contributed by atoms with Crippen LogP contribution in [0.3, 0.4) is 0 Å². The smallest absolute Gasteiger partial charge is 0.355 e. The van der Waals surface area contributed by atoms with Crippen molar-refractivity contribution in [2.45, 2.75) is 46.2 Å². The quantitative estimate of drug-likeness (QED) is 0.623. The number of alkyl halides is 3. The summed E-state index contributed by atoms with van der Waals surface area (Å²) in [6, 6.07) is 1.92. The summed E-state index contributed by atoms with van der Waals surface area (Å²) < 4.78 is 52.3. The van der Waals surface area contributed by atoms with E-state index in [0.717, 1.165) is 38.5 Å². The number of carbonyl (C=O) groups is 2. The van der Waals surface area contributed by atoms with Crippen molar-refractivity contribution >= 4 is 11.8 Å². The Kier molecular flexibility index (Phi) is 8.67. The third-order valence-electron chi connectivity index (χ3n) is 5.50. The van der Waals surface area contributed by atoms with Crippen molar-refractivity contribution in [3.63, 3.8) is 0 Å². The summed E-state index contributed by atoms with van der Waals surface area (Å²) in [5.41, 5.74) is -1.52. The molecule has 2 rings (SSSR count). The molecule has 1 aliphatic rings. The molecule has 180 valence electrons. The molecule has 9 heteroatoms. The molecule has 1 N–H and O–H groups in total. The molecule has 0 aliphatic carbocycles. The zero-order valence-corrected chi connectivity index (χ0v) is 19.2. The molecule has 1 saturated heterocycles. The van der Waals surface area contributed by atoms with Crippen LogP contribution in [-0.4, -0.2) is 61.4 Å². The van der Waals surface area contributed by atoms with E-state index in [1.165, 1.54) is 11.9 Å². The number of hydrogen-bond donors (Lipinski definition) is 1. The molecular formula is C23H33F4N3O2. The molecular weight excluding hydrogens is 426 g/mol. The van der Waals surface area contributed by atoms with Gasteiger partial charge in [0, 0.05) is 38.7 Å². The fourth-order valence-electron chi connectivity index (χ4n) is 3.86. The number of rotatable bonds is 7. The summed E-state index contributed by atoms with van der Waals surface area (Å²) in [7, 11) is 1.53. The Morgan fingerprint density at radius 1 is 1.12 bits per heavy atom. The normalized spacial score (nSPS) is 16.1. The second kappa shape index (κ2) is 10.6. The molecule has 0 bridgehead atoms. The van der Waals surface area contributed by atoms with Gasteiger partial charge in [-0.3, -0.25) is 9.59 Å². The Morgan fingerprint density at radius 2 is 1.75 bits per heavy atom. The van der Waals surface area contributed by atoms with E-state index >= 15 is 0 Å². The van der Waals surface area contributed by atoms with Crippen LogP contribution in [0.25, 0.3) is 0 Å². The summed E-state index contributed by atoms with van der Waals surface area (Å²) in [6.45, 7) is 9.42. The molecule has 0 atom stereocenters. The predicted molar refractivity (Wildman–Crippen MR) is 115 cm³/mol. The van der Waals surface area contributed by atoms with Crippen molar-refractivity contribution in [3.05, 3.63) is 35.1 Å². The van der Waals surface area contributed by atoms with Gasteiger partial charge in [0.2, 0.25) is 5.91 Å². The lowest BCUT2D eigenvalue weighted by molar-refractivity contribution is -0.137. The lowest BCUT2D eigenvalue weighted by Gasteiger charge is -2.34. The van der Waals surface area contributed by atoms with E-state index in [-0.39, 0.29) is 22.8 Å². The Hall–Kier alpha value is -2.16. The van der Waals surface area contributed by atoms with Crippen molar-refractivity contribution in [1.29, 1.82) is 0 Å². The van der Waals surface area contributed by atoms with Gasteiger partial charge in [0.1, 0.15) is 5.82 Å². The number of likely N-dealkylation sites (tertiary alicyclic amines) is 1. The molecule has 2 amide bonds. The number of hydrogen-bond acceptors (Lipinski definition) is 3. The van der Waals surface area contributed by atoms with Crippen LogP contribution >= 0.6 is 0 Å². The van der Waals surface area contributed by atoms with Crippen molar-refractivity contribution < 1.29 is 27.2 Å². The molecule has 0 unspecified atom stereocenters. The Morgan fingerprint density at radius 3 is 2.31 bits per heavy atom. The second-order valence-corrected chi connectivity index (χ2v) is 9.78.